The molecule has 1 aromatic heterocycles. The minimum Gasteiger partial charge on any atom is -0.368 e. The molecule has 0 saturated carbocycles. The van der Waals surface area contributed by atoms with Crippen molar-refractivity contribution in [2.75, 3.05) is 11.9 Å². The summed E-state index contributed by atoms with van der Waals surface area (Å²) in [6.45, 7) is 0.628. The van der Waals surface area contributed by atoms with Gasteiger partial charge in [0, 0.05) is 19.8 Å². The van der Waals surface area contributed by atoms with Crippen LogP contribution in [0.3, 0.4) is 0 Å². The van der Waals surface area contributed by atoms with Crippen molar-refractivity contribution in [1.29, 1.82) is 5.26 Å². The normalized spacial score (nSPS) is 10.0. The van der Waals surface area contributed by atoms with E-state index in [0.717, 1.165) is 12.0 Å². The number of nitrogens with two attached hydrogens (primary N) is 1. The molecule has 0 fully saturated rings. The first-order valence-corrected chi connectivity index (χ1v) is 6.16. The second-order valence-electron chi connectivity index (χ2n) is 4.41. The quantitative estimate of drug-likeness (QED) is 0.847. The highest BCUT2D eigenvalue weighted by atomic mass is 16.1. The molecule has 0 bridgehead atoms. The molecular weight excluding hydrogens is 254 g/mol. The van der Waals surface area contributed by atoms with E-state index >= 15 is 0 Å². The molecule has 0 spiro atoms. The van der Waals surface area contributed by atoms with Gasteiger partial charge in [-0.3, -0.25) is 9.48 Å². The third-order valence-electron chi connectivity index (χ3n) is 2.88. The molecule has 0 saturated heterocycles. The van der Waals surface area contributed by atoms with Gasteiger partial charge < -0.3 is 11.1 Å². The van der Waals surface area contributed by atoms with Crippen LogP contribution in [0.25, 0.3) is 0 Å². The summed E-state index contributed by atoms with van der Waals surface area (Å²) < 4.78 is 1.55. The fourth-order valence-electron chi connectivity index (χ4n) is 1.87. The number of benzene rings is 1. The van der Waals surface area contributed by atoms with Gasteiger partial charge in [0.25, 0.3) is 5.91 Å². The number of nitrogens with zero attached hydrogens (tertiary/aromatic N) is 3. The van der Waals surface area contributed by atoms with Crippen LogP contribution in [0.1, 0.15) is 21.5 Å². The molecule has 2 rings (SSSR count). The lowest BCUT2D eigenvalue weighted by atomic mass is 10.1. The highest BCUT2D eigenvalue weighted by molar-refractivity contribution is 5.97. The van der Waals surface area contributed by atoms with Gasteiger partial charge in [-0.05, 0) is 24.1 Å². The molecular formula is C14H15N5O. The molecule has 2 aromatic rings. The van der Waals surface area contributed by atoms with Crippen molar-refractivity contribution in [2.24, 2.45) is 12.8 Å². The number of nitriles is 1. The molecule has 0 aliphatic heterocycles. The Morgan fingerprint density at radius 2 is 2.15 bits per heavy atom. The van der Waals surface area contributed by atoms with E-state index < -0.39 is 5.91 Å². The summed E-state index contributed by atoms with van der Waals surface area (Å²) >= 11 is 0. The van der Waals surface area contributed by atoms with Crippen molar-refractivity contribution in [3.8, 4) is 6.07 Å². The fourth-order valence-corrected chi connectivity index (χ4v) is 1.87. The maximum atomic E-state index is 11.2. The number of carbonyl (C=O) groups is 1. The zero-order valence-corrected chi connectivity index (χ0v) is 11.1. The lowest BCUT2D eigenvalue weighted by Gasteiger charge is -2.05. The molecule has 102 valence electrons. The monoisotopic (exact) mass is 269 g/mol. The van der Waals surface area contributed by atoms with Crippen LogP contribution in [0.4, 0.5) is 5.82 Å². The van der Waals surface area contributed by atoms with Crippen LogP contribution < -0.4 is 11.1 Å². The number of carbonyl (C=O) groups excluding carboxylic acids is 1. The Balaban J connectivity index is 1.96. The van der Waals surface area contributed by atoms with Gasteiger partial charge in [0.15, 0.2) is 5.82 Å². The Morgan fingerprint density at radius 1 is 1.45 bits per heavy atom. The standard InChI is InChI=1S/C14H15N5O/c1-19-9-12(13(16)20)14(18-19)17-7-6-10-2-4-11(8-15)5-3-10/h2-5,9H,6-7H2,1H3,(H2,16,20)(H,17,18). The molecule has 0 aliphatic rings. The van der Waals surface area contributed by atoms with Gasteiger partial charge in [0.1, 0.15) is 5.56 Å². The molecule has 6 heteroatoms. The number of hydrogen-bond donors (Lipinski definition) is 2. The van der Waals surface area contributed by atoms with Crippen molar-refractivity contribution < 1.29 is 4.79 Å². The van der Waals surface area contributed by atoms with Gasteiger partial charge in [-0.1, -0.05) is 12.1 Å². The number of rotatable bonds is 5. The van der Waals surface area contributed by atoms with Gasteiger partial charge in [0.05, 0.1) is 11.6 Å². The predicted molar refractivity (Wildman–Crippen MR) is 75.1 cm³/mol. The fraction of sp³-hybridized carbons (Fsp3) is 0.214. The molecule has 20 heavy (non-hydrogen) atoms. The van der Waals surface area contributed by atoms with Crippen LogP contribution >= 0.6 is 0 Å². The summed E-state index contributed by atoms with van der Waals surface area (Å²) in [7, 11) is 1.73. The van der Waals surface area contributed by atoms with Crippen LogP contribution in [-0.2, 0) is 13.5 Å². The van der Waals surface area contributed by atoms with Gasteiger partial charge in [0.2, 0.25) is 0 Å². The van der Waals surface area contributed by atoms with E-state index in [4.69, 9.17) is 11.0 Å². The second kappa shape index (κ2) is 5.89. The smallest absolute Gasteiger partial charge is 0.254 e. The Hall–Kier alpha value is -2.81. The maximum absolute atomic E-state index is 11.2. The van der Waals surface area contributed by atoms with Crippen LogP contribution in [0.5, 0.6) is 0 Å². The van der Waals surface area contributed by atoms with Crippen LogP contribution in [-0.4, -0.2) is 22.2 Å². The zero-order valence-electron chi connectivity index (χ0n) is 11.1. The van der Waals surface area contributed by atoms with Crippen molar-refractivity contribution in [2.45, 2.75) is 6.42 Å². The van der Waals surface area contributed by atoms with Crippen LogP contribution in [0.2, 0.25) is 0 Å². The number of amides is 1. The summed E-state index contributed by atoms with van der Waals surface area (Å²) in [6.07, 6.45) is 2.35. The SMILES string of the molecule is Cn1cc(C(N)=O)c(NCCc2ccc(C#N)cc2)n1. The second-order valence-corrected chi connectivity index (χ2v) is 4.41. The Kier molecular flexibility index (Phi) is 4.01. The molecule has 1 heterocycles. The van der Waals surface area contributed by atoms with Gasteiger partial charge >= 0.3 is 0 Å². The zero-order chi connectivity index (χ0) is 14.5. The highest BCUT2D eigenvalue weighted by Crippen LogP contribution is 2.12. The van der Waals surface area contributed by atoms with E-state index in [9.17, 15) is 4.79 Å². The Labute approximate surface area is 116 Å². The maximum Gasteiger partial charge on any atom is 0.254 e. The largest absolute Gasteiger partial charge is 0.368 e. The van der Waals surface area contributed by atoms with E-state index in [-0.39, 0.29) is 0 Å². The summed E-state index contributed by atoms with van der Waals surface area (Å²) in [5.74, 6) is -0.00684. The van der Waals surface area contributed by atoms with E-state index in [1.54, 1.807) is 30.1 Å². The number of anilines is 1. The minimum absolute atomic E-state index is 0.382. The average Bonchev–Trinajstić information content (AvgIpc) is 2.81. The lowest BCUT2D eigenvalue weighted by Crippen LogP contribution is -2.14. The first kappa shape index (κ1) is 13.6. The van der Waals surface area contributed by atoms with Crippen LogP contribution in [0, 0.1) is 11.3 Å². The number of aryl methyl sites for hydroxylation is 1. The minimum atomic E-state index is -0.501. The van der Waals surface area contributed by atoms with E-state index in [1.807, 2.05) is 12.1 Å². The van der Waals surface area contributed by atoms with Crippen LogP contribution in [0.15, 0.2) is 30.5 Å². The highest BCUT2D eigenvalue weighted by Gasteiger charge is 2.11. The number of aromatic nitrogens is 2. The van der Waals surface area contributed by atoms with Gasteiger partial charge in [-0.2, -0.15) is 10.4 Å². The van der Waals surface area contributed by atoms with Crippen molar-refractivity contribution in [3.63, 3.8) is 0 Å². The van der Waals surface area contributed by atoms with Gasteiger partial charge in [-0.25, -0.2) is 0 Å². The Morgan fingerprint density at radius 3 is 2.75 bits per heavy atom. The summed E-state index contributed by atoms with van der Waals surface area (Å²) in [6, 6.07) is 9.47. The van der Waals surface area contributed by atoms with Crippen molar-refractivity contribution >= 4 is 11.7 Å². The summed E-state index contributed by atoms with van der Waals surface area (Å²) in [4.78, 5) is 11.2. The lowest BCUT2D eigenvalue weighted by molar-refractivity contribution is 0.100. The molecule has 1 aromatic carbocycles. The number of nitrogens with one attached hydrogen (secondary N) is 1. The average molecular weight is 269 g/mol. The van der Waals surface area contributed by atoms with E-state index in [2.05, 4.69) is 16.5 Å². The van der Waals surface area contributed by atoms with E-state index in [0.29, 0.717) is 23.5 Å². The molecule has 1 amide bonds. The Bertz CT molecular complexity index is 651. The first-order chi connectivity index (χ1) is 9.60. The third kappa shape index (κ3) is 3.14. The predicted octanol–water partition coefficient (Wildman–Crippen LogP) is 1.05. The molecule has 6 nitrogen and oxygen atoms in total. The van der Waals surface area contributed by atoms with Crippen molar-refractivity contribution in [3.05, 3.63) is 47.2 Å². The summed E-state index contributed by atoms with van der Waals surface area (Å²) in [5.41, 5.74) is 7.41. The molecule has 0 atom stereocenters. The molecule has 0 unspecified atom stereocenters. The molecule has 3 N–H and O–H groups in total. The number of hydrogen-bond acceptors (Lipinski definition) is 4. The number of primary amides is 1. The topological polar surface area (TPSA) is 96.7 Å². The molecule has 0 aliphatic carbocycles. The summed E-state index contributed by atoms with van der Waals surface area (Å²) in [5, 5.41) is 16.0. The third-order valence-corrected chi connectivity index (χ3v) is 2.88. The van der Waals surface area contributed by atoms with E-state index in [1.165, 1.54) is 0 Å². The van der Waals surface area contributed by atoms with Gasteiger partial charge in [-0.15, -0.1) is 0 Å². The first-order valence-electron chi connectivity index (χ1n) is 6.16. The molecule has 0 radical (unpaired) electrons. The van der Waals surface area contributed by atoms with Crippen molar-refractivity contribution in [1.82, 2.24) is 9.78 Å².